The Morgan fingerprint density at radius 1 is 0.500 bits per heavy atom. The molecule has 0 aliphatic rings. The average molecular weight is 523 g/mol. The summed E-state index contributed by atoms with van der Waals surface area (Å²) in [5.74, 6) is -0.695. The summed E-state index contributed by atoms with van der Waals surface area (Å²) in [7, 11) is 0. The number of carbonyl (C=O) groups excluding carboxylic acids is 2. The number of nitrogens with one attached hydrogen (secondary N) is 2. The van der Waals surface area contributed by atoms with Crippen LogP contribution in [0, 0.1) is 0 Å². The fourth-order valence-corrected chi connectivity index (χ4v) is 5.05. The number of hydrazone groups is 2. The van der Waals surface area contributed by atoms with Gasteiger partial charge in [-0.1, -0.05) is 97.1 Å². The van der Waals surface area contributed by atoms with Crippen molar-refractivity contribution >= 4 is 67.3 Å². The van der Waals surface area contributed by atoms with Crippen molar-refractivity contribution in [2.75, 3.05) is 0 Å². The Morgan fingerprint density at radius 2 is 0.800 bits per heavy atom. The Balaban J connectivity index is 1.09. The predicted octanol–water partition coefficient (Wildman–Crippen LogP) is 6.68. The second kappa shape index (κ2) is 11.2. The van der Waals surface area contributed by atoms with Crippen molar-refractivity contribution in [3.05, 3.63) is 120 Å². The fourth-order valence-electron chi connectivity index (χ4n) is 5.05. The smallest absolute Gasteiger partial charge is 0.240 e. The van der Waals surface area contributed by atoms with E-state index in [9.17, 15) is 9.59 Å². The number of hydrogen-bond acceptors (Lipinski definition) is 4. The fraction of sp³-hybridized carbons (Fsp3) is 0.0588. The van der Waals surface area contributed by atoms with Gasteiger partial charge in [-0.15, -0.1) is 0 Å². The van der Waals surface area contributed by atoms with Crippen LogP contribution in [0.25, 0.3) is 43.1 Å². The van der Waals surface area contributed by atoms with Crippen LogP contribution >= 0.6 is 0 Å². The first kappa shape index (κ1) is 24.9. The van der Waals surface area contributed by atoms with Crippen LogP contribution in [-0.2, 0) is 9.59 Å². The van der Waals surface area contributed by atoms with Gasteiger partial charge in [0.2, 0.25) is 11.8 Å². The number of amides is 2. The van der Waals surface area contributed by atoms with Gasteiger partial charge in [0, 0.05) is 24.0 Å². The molecule has 0 saturated carbocycles. The third-order valence-corrected chi connectivity index (χ3v) is 6.97. The summed E-state index contributed by atoms with van der Waals surface area (Å²) >= 11 is 0. The molecule has 0 radical (unpaired) electrons. The van der Waals surface area contributed by atoms with Gasteiger partial charge in [0.1, 0.15) is 0 Å². The van der Waals surface area contributed by atoms with Gasteiger partial charge < -0.3 is 0 Å². The molecular formula is C34H26N4O2. The van der Waals surface area contributed by atoms with E-state index >= 15 is 0 Å². The number of hydrogen-bond donors (Lipinski definition) is 2. The van der Waals surface area contributed by atoms with Crippen molar-refractivity contribution in [1.29, 1.82) is 0 Å². The lowest BCUT2D eigenvalue weighted by Gasteiger charge is -2.08. The van der Waals surface area contributed by atoms with E-state index in [1.807, 2.05) is 72.8 Å². The molecule has 40 heavy (non-hydrogen) atoms. The van der Waals surface area contributed by atoms with E-state index in [4.69, 9.17) is 0 Å². The highest BCUT2D eigenvalue weighted by Gasteiger charge is 2.09. The van der Waals surface area contributed by atoms with E-state index in [1.54, 1.807) is 12.4 Å². The zero-order valence-electron chi connectivity index (χ0n) is 21.7. The highest BCUT2D eigenvalue weighted by atomic mass is 16.2. The molecule has 0 fully saturated rings. The lowest BCUT2D eigenvalue weighted by Crippen LogP contribution is -2.22. The zero-order valence-corrected chi connectivity index (χ0v) is 21.7. The van der Waals surface area contributed by atoms with Crippen molar-refractivity contribution < 1.29 is 9.59 Å². The van der Waals surface area contributed by atoms with E-state index in [0.29, 0.717) is 0 Å². The van der Waals surface area contributed by atoms with Crippen LogP contribution in [0.5, 0.6) is 0 Å². The molecule has 0 heterocycles. The summed E-state index contributed by atoms with van der Waals surface area (Å²) in [5, 5.41) is 17.0. The van der Waals surface area contributed by atoms with Crippen LogP contribution in [0.3, 0.4) is 0 Å². The van der Waals surface area contributed by atoms with Gasteiger partial charge in [-0.3, -0.25) is 9.59 Å². The lowest BCUT2D eigenvalue weighted by atomic mass is 9.97. The molecule has 0 saturated heterocycles. The van der Waals surface area contributed by atoms with Crippen molar-refractivity contribution in [3.63, 3.8) is 0 Å². The first-order valence-corrected chi connectivity index (χ1v) is 13.1. The first-order valence-electron chi connectivity index (χ1n) is 13.1. The first-order chi connectivity index (χ1) is 19.7. The quantitative estimate of drug-likeness (QED) is 0.139. The highest BCUT2D eigenvalue weighted by Crippen LogP contribution is 2.28. The summed E-state index contributed by atoms with van der Waals surface area (Å²) in [4.78, 5) is 24.8. The Hall–Kier alpha value is -5.36. The summed E-state index contributed by atoms with van der Waals surface area (Å²) in [6.07, 6.45) is 3.32. The van der Waals surface area contributed by atoms with Crippen LogP contribution in [0.1, 0.15) is 24.0 Å². The molecule has 6 nitrogen and oxygen atoms in total. The SMILES string of the molecule is O=C(CCC(=O)N/N=C/c1c2ccccc2cc2ccccc12)N/N=C/c1c2ccccc2cc2ccccc12. The topological polar surface area (TPSA) is 82.9 Å². The molecule has 0 aliphatic carbocycles. The summed E-state index contributed by atoms with van der Waals surface area (Å²) in [5.41, 5.74) is 6.97. The maximum atomic E-state index is 12.4. The van der Waals surface area contributed by atoms with Crippen molar-refractivity contribution in [2.45, 2.75) is 12.8 Å². The summed E-state index contributed by atoms with van der Waals surface area (Å²) in [6, 6.07) is 36.6. The monoisotopic (exact) mass is 522 g/mol. The summed E-state index contributed by atoms with van der Waals surface area (Å²) in [6.45, 7) is 0. The van der Waals surface area contributed by atoms with Gasteiger partial charge in [0.15, 0.2) is 0 Å². The number of fused-ring (bicyclic) bond motifs is 4. The Bertz CT molecular complexity index is 1710. The van der Waals surface area contributed by atoms with Crippen molar-refractivity contribution in [1.82, 2.24) is 10.9 Å². The maximum absolute atomic E-state index is 12.4. The highest BCUT2D eigenvalue weighted by molar-refractivity contribution is 6.14. The standard InChI is InChI=1S/C34H26N4O2/c39-33(37-35-21-31-27-13-5-1-9-23(27)19-24-10-2-6-14-28(24)31)17-18-34(40)38-36-22-32-29-15-7-3-11-25(29)20-26-12-4-8-16-30(26)32/h1-16,19-22H,17-18H2,(H,37,39)(H,38,40)/b35-21+,36-22+. The molecule has 0 spiro atoms. The third kappa shape index (κ3) is 5.15. The predicted molar refractivity (Wildman–Crippen MR) is 164 cm³/mol. The largest absolute Gasteiger partial charge is 0.273 e. The number of nitrogens with zero attached hydrogens (tertiary/aromatic N) is 2. The Kier molecular flexibility index (Phi) is 6.97. The van der Waals surface area contributed by atoms with Gasteiger partial charge in [0.25, 0.3) is 0 Å². The van der Waals surface area contributed by atoms with Gasteiger partial charge in [-0.05, 0) is 55.2 Å². The third-order valence-electron chi connectivity index (χ3n) is 6.97. The molecule has 0 aliphatic heterocycles. The second-order valence-corrected chi connectivity index (χ2v) is 9.55. The van der Waals surface area contributed by atoms with Gasteiger partial charge in [0.05, 0.1) is 12.4 Å². The van der Waals surface area contributed by atoms with E-state index < -0.39 is 0 Å². The minimum Gasteiger partial charge on any atom is -0.273 e. The molecule has 6 aromatic carbocycles. The van der Waals surface area contributed by atoms with Crippen LogP contribution in [-0.4, -0.2) is 24.2 Å². The van der Waals surface area contributed by atoms with E-state index in [1.165, 1.54) is 0 Å². The molecule has 0 bridgehead atoms. The zero-order chi connectivity index (χ0) is 27.3. The average Bonchev–Trinajstić information content (AvgIpc) is 2.99. The van der Waals surface area contributed by atoms with Crippen molar-refractivity contribution in [3.8, 4) is 0 Å². The molecule has 194 valence electrons. The Morgan fingerprint density at radius 3 is 1.12 bits per heavy atom. The van der Waals surface area contributed by atoms with Gasteiger partial charge in [-0.2, -0.15) is 10.2 Å². The van der Waals surface area contributed by atoms with Crippen LogP contribution in [0.15, 0.2) is 119 Å². The van der Waals surface area contributed by atoms with Gasteiger partial charge in [-0.25, -0.2) is 10.9 Å². The van der Waals surface area contributed by atoms with E-state index in [0.717, 1.165) is 54.2 Å². The maximum Gasteiger partial charge on any atom is 0.240 e. The minimum absolute atomic E-state index is 0.00776. The molecule has 2 amide bonds. The molecule has 0 unspecified atom stereocenters. The van der Waals surface area contributed by atoms with Crippen LogP contribution < -0.4 is 10.9 Å². The summed E-state index contributed by atoms with van der Waals surface area (Å²) < 4.78 is 0. The number of rotatable bonds is 7. The van der Waals surface area contributed by atoms with Crippen LogP contribution in [0.2, 0.25) is 0 Å². The number of carbonyl (C=O) groups is 2. The van der Waals surface area contributed by atoms with Gasteiger partial charge >= 0.3 is 0 Å². The second-order valence-electron chi connectivity index (χ2n) is 9.55. The molecule has 0 aromatic heterocycles. The molecule has 6 rings (SSSR count). The minimum atomic E-state index is -0.347. The molecule has 6 aromatic rings. The number of benzene rings is 6. The molecule has 0 atom stereocenters. The lowest BCUT2D eigenvalue weighted by molar-refractivity contribution is -0.126. The van der Waals surface area contributed by atoms with E-state index in [-0.39, 0.29) is 24.7 Å². The van der Waals surface area contributed by atoms with Crippen molar-refractivity contribution in [2.24, 2.45) is 10.2 Å². The van der Waals surface area contributed by atoms with Crippen LogP contribution in [0.4, 0.5) is 0 Å². The normalized spacial score (nSPS) is 11.7. The molecule has 6 heteroatoms. The molecular weight excluding hydrogens is 496 g/mol. The Labute approximate surface area is 231 Å². The van der Waals surface area contributed by atoms with E-state index in [2.05, 4.69) is 57.5 Å². The molecule has 2 N–H and O–H groups in total.